The van der Waals surface area contributed by atoms with Crippen LogP contribution in [0.5, 0.6) is 0 Å². The van der Waals surface area contributed by atoms with Crippen LogP contribution in [-0.2, 0) is 0 Å². The molecule has 0 fully saturated rings. The second kappa shape index (κ2) is 5.43. The summed E-state index contributed by atoms with van der Waals surface area (Å²) in [6.07, 6.45) is 3.05. The molecule has 1 rings (SSSR count). The Bertz CT molecular complexity index is 337. The molecule has 0 bridgehead atoms. The Labute approximate surface area is 87.8 Å². The fourth-order valence-corrected chi connectivity index (χ4v) is 1.11. The zero-order valence-electron chi connectivity index (χ0n) is 8.47. The van der Waals surface area contributed by atoms with E-state index in [1.165, 1.54) is 6.20 Å². The highest BCUT2D eigenvalue weighted by Gasteiger charge is 2.13. The van der Waals surface area contributed by atoms with E-state index in [0.29, 0.717) is 5.56 Å². The predicted octanol–water partition coefficient (Wildman–Crippen LogP) is -0.527. The minimum absolute atomic E-state index is 0.290. The number of nitrogens with one attached hydrogen (secondary N) is 1. The number of aryl methyl sites for hydroxylation is 1. The number of rotatable bonds is 4. The number of aromatic nitrogens is 1. The molecule has 0 radical (unpaired) electrons. The van der Waals surface area contributed by atoms with E-state index >= 15 is 0 Å². The van der Waals surface area contributed by atoms with Crippen molar-refractivity contribution >= 4 is 5.91 Å². The fourth-order valence-electron chi connectivity index (χ4n) is 1.11. The van der Waals surface area contributed by atoms with Crippen molar-refractivity contribution in [2.24, 2.45) is 0 Å². The maximum Gasteiger partial charge on any atom is 0.253 e. The van der Waals surface area contributed by atoms with E-state index in [9.17, 15) is 4.79 Å². The maximum absolute atomic E-state index is 11.6. The first-order chi connectivity index (χ1) is 7.19. The number of hydrogen-bond donors (Lipinski definition) is 3. The standard InChI is InChI=1S/C10H14N2O3/c1-7-2-3-11-4-9(7)10(15)12-8(5-13)6-14/h2-4,8,13-14H,5-6H2,1H3,(H,12,15). The van der Waals surface area contributed by atoms with Gasteiger partial charge in [0.15, 0.2) is 0 Å². The molecule has 0 unspecified atom stereocenters. The molecule has 1 aromatic rings. The summed E-state index contributed by atoms with van der Waals surface area (Å²) in [5, 5.41) is 20.1. The minimum Gasteiger partial charge on any atom is -0.394 e. The second-order valence-electron chi connectivity index (χ2n) is 3.23. The molecule has 5 heteroatoms. The summed E-state index contributed by atoms with van der Waals surface area (Å²) >= 11 is 0. The van der Waals surface area contributed by atoms with Crippen LogP contribution in [0, 0.1) is 6.92 Å². The second-order valence-corrected chi connectivity index (χ2v) is 3.23. The zero-order valence-corrected chi connectivity index (χ0v) is 8.47. The molecule has 1 heterocycles. The molecule has 0 spiro atoms. The van der Waals surface area contributed by atoms with E-state index in [0.717, 1.165) is 5.56 Å². The van der Waals surface area contributed by atoms with E-state index in [1.54, 1.807) is 19.2 Å². The molecule has 5 nitrogen and oxygen atoms in total. The van der Waals surface area contributed by atoms with Gasteiger partial charge in [-0.1, -0.05) is 0 Å². The third-order valence-corrected chi connectivity index (χ3v) is 2.06. The quantitative estimate of drug-likeness (QED) is 0.624. The minimum atomic E-state index is -0.628. The number of pyridine rings is 1. The first-order valence-corrected chi connectivity index (χ1v) is 4.62. The van der Waals surface area contributed by atoms with Gasteiger partial charge in [0, 0.05) is 12.4 Å². The smallest absolute Gasteiger partial charge is 0.253 e. The summed E-state index contributed by atoms with van der Waals surface area (Å²) in [7, 11) is 0. The largest absolute Gasteiger partial charge is 0.394 e. The Kier molecular flexibility index (Phi) is 4.20. The first kappa shape index (κ1) is 11.6. The van der Waals surface area contributed by atoms with Gasteiger partial charge in [-0.05, 0) is 18.6 Å². The predicted molar refractivity (Wildman–Crippen MR) is 54.4 cm³/mol. The normalized spacial score (nSPS) is 10.4. The van der Waals surface area contributed by atoms with Gasteiger partial charge < -0.3 is 15.5 Å². The van der Waals surface area contributed by atoms with Gasteiger partial charge in [-0.15, -0.1) is 0 Å². The number of aliphatic hydroxyl groups is 2. The summed E-state index contributed by atoms with van der Waals surface area (Å²) in [6, 6.07) is 1.10. The molecule has 1 amide bonds. The van der Waals surface area contributed by atoms with Gasteiger partial charge in [-0.25, -0.2) is 0 Å². The average Bonchev–Trinajstić information content (AvgIpc) is 2.26. The molecule has 0 aromatic carbocycles. The zero-order chi connectivity index (χ0) is 11.3. The molecule has 0 aliphatic rings. The molecular formula is C10H14N2O3. The molecule has 0 aliphatic heterocycles. The van der Waals surface area contributed by atoms with Crippen molar-refractivity contribution in [3.63, 3.8) is 0 Å². The van der Waals surface area contributed by atoms with Crippen molar-refractivity contribution in [1.29, 1.82) is 0 Å². The Morgan fingerprint density at radius 3 is 2.73 bits per heavy atom. The van der Waals surface area contributed by atoms with Gasteiger partial charge in [-0.3, -0.25) is 9.78 Å². The Morgan fingerprint density at radius 2 is 2.20 bits per heavy atom. The lowest BCUT2D eigenvalue weighted by atomic mass is 10.1. The third-order valence-electron chi connectivity index (χ3n) is 2.06. The fraction of sp³-hybridized carbons (Fsp3) is 0.400. The Hall–Kier alpha value is -1.46. The van der Waals surface area contributed by atoms with Crippen molar-refractivity contribution < 1.29 is 15.0 Å². The third kappa shape index (κ3) is 3.00. The lowest BCUT2D eigenvalue weighted by molar-refractivity contribution is 0.0878. The highest BCUT2D eigenvalue weighted by Crippen LogP contribution is 2.04. The van der Waals surface area contributed by atoms with Crippen molar-refractivity contribution in [1.82, 2.24) is 10.3 Å². The Morgan fingerprint density at radius 1 is 1.53 bits per heavy atom. The molecule has 0 atom stereocenters. The van der Waals surface area contributed by atoms with E-state index in [1.807, 2.05) is 0 Å². The first-order valence-electron chi connectivity index (χ1n) is 4.62. The van der Waals surface area contributed by atoms with E-state index in [-0.39, 0.29) is 19.1 Å². The number of hydrogen-bond acceptors (Lipinski definition) is 4. The summed E-state index contributed by atoms with van der Waals surface area (Å²) in [6.45, 7) is 1.21. The van der Waals surface area contributed by atoms with E-state index < -0.39 is 6.04 Å². The lowest BCUT2D eigenvalue weighted by Crippen LogP contribution is -2.40. The number of aliphatic hydroxyl groups excluding tert-OH is 2. The SMILES string of the molecule is Cc1ccncc1C(=O)NC(CO)CO. The topological polar surface area (TPSA) is 82.5 Å². The van der Waals surface area contributed by atoms with Crippen LogP contribution < -0.4 is 5.32 Å². The van der Waals surface area contributed by atoms with Crippen molar-refractivity contribution in [3.8, 4) is 0 Å². The number of amides is 1. The van der Waals surface area contributed by atoms with Crippen molar-refractivity contribution in [2.75, 3.05) is 13.2 Å². The molecule has 0 saturated heterocycles. The molecule has 1 aromatic heterocycles. The summed E-state index contributed by atoms with van der Waals surface area (Å²) in [5.41, 5.74) is 1.25. The van der Waals surface area contributed by atoms with E-state index in [4.69, 9.17) is 10.2 Å². The summed E-state index contributed by atoms with van der Waals surface area (Å²) in [4.78, 5) is 15.5. The van der Waals surface area contributed by atoms with Gasteiger partial charge in [0.1, 0.15) is 0 Å². The van der Waals surface area contributed by atoms with Gasteiger partial charge >= 0.3 is 0 Å². The molecule has 15 heavy (non-hydrogen) atoms. The van der Waals surface area contributed by atoms with Crippen LogP contribution in [0.3, 0.4) is 0 Å². The number of carbonyl (C=O) groups excluding carboxylic acids is 1. The van der Waals surface area contributed by atoms with Crippen LogP contribution in [0.4, 0.5) is 0 Å². The molecule has 0 aliphatic carbocycles. The molecule has 82 valence electrons. The van der Waals surface area contributed by atoms with Gasteiger partial charge in [-0.2, -0.15) is 0 Å². The van der Waals surface area contributed by atoms with E-state index in [2.05, 4.69) is 10.3 Å². The number of carbonyl (C=O) groups is 1. The van der Waals surface area contributed by atoms with Crippen LogP contribution in [0.1, 0.15) is 15.9 Å². The number of nitrogens with zero attached hydrogens (tertiary/aromatic N) is 1. The highest BCUT2D eigenvalue weighted by molar-refractivity contribution is 5.95. The van der Waals surface area contributed by atoms with Crippen LogP contribution in [-0.4, -0.2) is 40.4 Å². The van der Waals surface area contributed by atoms with Crippen molar-refractivity contribution in [2.45, 2.75) is 13.0 Å². The van der Waals surface area contributed by atoms with Crippen LogP contribution in [0.25, 0.3) is 0 Å². The average molecular weight is 210 g/mol. The monoisotopic (exact) mass is 210 g/mol. The Balaban J connectivity index is 2.73. The van der Waals surface area contributed by atoms with Gasteiger partial charge in [0.05, 0.1) is 24.8 Å². The molecule has 0 saturated carbocycles. The van der Waals surface area contributed by atoms with Crippen LogP contribution in [0.15, 0.2) is 18.5 Å². The summed E-state index contributed by atoms with van der Waals surface area (Å²) in [5.74, 6) is -0.339. The van der Waals surface area contributed by atoms with Gasteiger partial charge in [0.25, 0.3) is 5.91 Å². The van der Waals surface area contributed by atoms with Crippen LogP contribution >= 0.6 is 0 Å². The molecule has 3 N–H and O–H groups in total. The summed E-state index contributed by atoms with van der Waals surface area (Å²) < 4.78 is 0. The lowest BCUT2D eigenvalue weighted by Gasteiger charge is -2.13. The van der Waals surface area contributed by atoms with Gasteiger partial charge in [0.2, 0.25) is 0 Å². The maximum atomic E-state index is 11.6. The highest BCUT2D eigenvalue weighted by atomic mass is 16.3. The van der Waals surface area contributed by atoms with Crippen molar-refractivity contribution in [3.05, 3.63) is 29.6 Å². The van der Waals surface area contributed by atoms with Crippen LogP contribution in [0.2, 0.25) is 0 Å². The molecular weight excluding hydrogens is 196 g/mol.